The normalized spacial score (nSPS) is 12.1. The lowest BCUT2D eigenvalue weighted by Gasteiger charge is -2.15. The SMILES string of the molecule is CC[C@H](C(=O)OCc1cc(=O)oc2c(C)c(C)ccc12)c1ccccc1. The van der Waals surface area contributed by atoms with Crippen molar-refractivity contribution in [2.75, 3.05) is 0 Å². The van der Waals surface area contributed by atoms with Crippen LogP contribution in [0.1, 0.15) is 41.5 Å². The predicted octanol–water partition coefficient (Wildman–Crippen LogP) is 4.65. The fourth-order valence-electron chi connectivity index (χ4n) is 3.12. The number of benzene rings is 2. The molecule has 0 N–H and O–H groups in total. The Bertz CT molecular complexity index is 986. The van der Waals surface area contributed by atoms with E-state index in [1.54, 1.807) is 0 Å². The maximum Gasteiger partial charge on any atom is 0.336 e. The van der Waals surface area contributed by atoms with Crippen molar-refractivity contribution in [1.82, 2.24) is 0 Å². The van der Waals surface area contributed by atoms with E-state index in [1.165, 1.54) is 6.07 Å². The smallest absolute Gasteiger partial charge is 0.336 e. The Balaban J connectivity index is 1.87. The van der Waals surface area contributed by atoms with Gasteiger partial charge in [-0.3, -0.25) is 4.79 Å². The van der Waals surface area contributed by atoms with Crippen LogP contribution in [-0.4, -0.2) is 5.97 Å². The van der Waals surface area contributed by atoms with Crippen LogP contribution < -0.4 is 5.63 Å². The zero-order chi connectivity index (χ0) is 18.7. The highest BCUT2D eigenvalue weighted by Gasteiger charge is 2.20. The molecule has 0 aliphatic heterocycles. The molecule has 26 heavy (non-hydrogen) atoms. The van der Waals surface area contributed by atoms with Crippen LogP contribution in [0, 0.1) is 13.8 Å². The molecule has 1 aromatic heterocycles. The summed E-state index contributed by atoms with van der Waals surface area (Å²) >= 11 is 0. The largest absolute Gasteiger partial charge is 0.460 e. The van der Waals surface area contributed by atoms with Crippen LogP contribution >= 0.6 is 0 Å². The van der Waals surface area contributed by atoms with Gasteiger partial charge in [0, 0.05) is 17.0 Å². The van der Waals surface area contributed by atoms with Gasteiger partial charge in [0.15, 0.2) is 0 Å². The Labute approximate surface area is 152 Å². The van der Waals surface area contributed by atoms with Crippen LogP contribution in [-0.2, 0) is 16.1 Å². The quantitative estimate of drug-likeness (QED) is 0.496. The Morgan fingerprint density at radius 2 is 1.85 bits per heavy atom. The van der Waals surface area contributed by atoms with E-state index in [4.69, 9.17) is 9.15 Å². The van der Waals surface area contributed by atoms with Crippen molar-refractivity contribution in [2.45, 2.75) is 39.7 Å². The Morgan fingerprint density at radius 1 is 1.12 bits per heavy atom. The number of ether oxygens (including phenoxy) is 1. The van der Waals surface area contributed by atoms with Gasteiger partial charge < -0.3 is 9.15 Å². The van der Waals surface area contributed by atoms with Gasteiger partial charge in [-0.25, -0.2) is 4.79 Å². The number of carbonyl (C=O) groups excluding carboxylic acids is 1. The molecule has 0 radical (unpaired) electrons. The first-order valence-electron chi connectivity index (χ1n) is 8.75. The lowest BCUT2D eigenvalue weighted by molar-refractivity contribution is -0.146. The maximum absolute atomic E-state index is 12.6. The molecule has 4 heteroatoms. The molecular weight excluding hydrogens is 328 g/mol. The molecule has 0 aliphatic rings. The van der Waals surface area contributed by atoms with Crippen molar-refractivity contribution in [1.29, 1.82) is 0 Å². The summed E-state index contributed by atoms with van der Waals surface area (Å²) in [6.07, 6.45) is 0.652. The first-order valence-corrected chi connectivity index (χ1v) is 8.75. The molecule has 0 aliphatic carbocycles. The van der Waals surface area contributed by atoms with Gasteiger partial charge in [0.1, 0.15) is 12.2 Å². The van der Waals surface area contributed by atoms with Crippen LogP contribution in [0.2, 0.25) is 0 Å². The second-order valence-corrected chi connectivity index (χ2v) is 6.45. The number of esters is 1. The third-order valence-corrected chi connectivity index (χ3v) is 4.78. The standard InChI is InChI=1S/C22H22O4/c1-4-18(16-8-6-5-7-9-16)22(24)25-13-17-12-20(23)26-21-15(3)14(2)10-11-19(17)21/h5-12,18H,4,13H2,1-3H3/t18-/m0/s1. The van der Waals surface area contributed by atoms with Crippen molar-refractivity contribution >= 4 is 16.9 Å². The summed E-state index contributed by atoms with van der Waals surface area (Å²) in [5.41, 5.74) is 3.68. The zero-order valence-corrected chi connectivity index (χ0v) is 15.2. The minimum absolute atomic E-state index is 0.0484. The van der Waals surface area contributed by atoms with Gasteiger partial charge in [-0.1, -0.05) is 49.4 Å². The summed E-state index contributed by atoms with van der Waals surface area (Å²) < 4.78 is 10.9. The van der Waals surface area contributed by atoms with E-state index in [2.05, 4.69) is 0 Å². The molecule has 0 amide bonds. The van der Waals surface area contributed by atoms with Crippen molar-refractivity contribution in [3.63, 3.8) is 0 Å². The lowest BCUT2D eigenvalue weighted by Crippen LogP contribution is -2.16. The minimum Gasteiger partial charge on any atom is -0.460 e. The molecule has 4 nitrogen and oxygen atoms in total. The summed E-state index contributed by atoms with van der Waals surface area (Å²) in [6, 6.07) is 14.9. The first kappa shape index (κ1) is 17.9. The van der Waals surface area contributed by atoms with E-state index in [0.717, 1.165) is 22.1 Å². The van der Waals surface area contributed by atoms with Gasteiger partial charge in [-0.15, -0.1) is 0 Å². The Kier molecular flexibility index (Phi) is 5.21. The second-order valence-electron chi connectivity index (χ2n) is 6.45. The molecule has 3 aromatic rings. The molecule has 0 fully saturated rings. The minimum atomic E-state index is -0.438. The van der Waals surface area contributed by atoms with Crippen molar-refractivity contribution in [3.05, 3.63) is 81.2 Å². The molecule has 1 heterocycles. The van der Waals surface area contributed by atoms with Gasteiger partial charge in [0.25, 0.3) is 0 Å². The van der Waals surface area contributed by atoms with Crippen molar-refractivity contribution in [3.8, 4) is 0 Å². The van der Waals surface area contributed by atoms with Gasteiger partial charge >= 0.3 is 11.6 Å². The molecule has 3 rings (SSSR count). The summed E-state index contributed by atoms with van der Waals surface area (Å²) in [5.74, 6) is -0.601. The molecule has 0 saturated carbocycles. The number of hydrogen-bond acceptors (Lipinski definition) is 4. The number of rotatable bonds is 5. The molecule has 2 aromatic carbocycles. The van der Waals surface area contributed by atoms with Crippen molar-refractivity contribution in [2.24, 2.45) is 0 Å². The fourth-order valence-corrected chi connectivity index (χ4v) is 3.12. The number of hydrogen-bond donors (Lipinski definition) is 0. The summed E-state index contributed by atoms with van der Waals surface area (Å²) in [7, 11) is 0. The average Bonchev–Trinajstić information content (AvgIpc) is 2.64. The van der Waals surface area contributed by atoms with Gasteiger partial charge in [0.2, 0.25) is 0 Å². The zero-order valence-electron chi connectivity index (χ0n) is 15.2. The second kappa shape index (κ2) is 7.56. The van der Waals surface area contributed by atoms with E-state index in [1.807, 2.05) is 63.2 Å². The van der Waals surface area contributed by atoms with Crippen LogP contribution in [0.4, 0.5) is 0 Å². The average molecular weight is 350 g/mol. The van der Waals surface area contributed by atoms with E-state index in [0.29, 0.717) is 17.6 Å². The van der Waals surface area contributed by atoms with Crippen LogP contribution in [0.15, 0.2) is 57.7 Å². The van der Waals surface area contributed by atoms with E-state index >= 15 is 0 Å². The predicted molar refractivity (Wildman–Crippen MR) is 101 cm³/mol. The van der Waals surface area contributed by atoms with E-state index < -0.39 is 5.63 Å². The molecule has 0 saturated heterocycles. The molecule has 0 spiro atoms. The highest BCUT2D eigenvalue weighted by molar-refractivity contribution is 5.84. The topological polar surface area (TPSA) is 56.5 Å². The third kappa shape index (κ3) is 3.54. The van der Waals surface area contributed by atoms with Gasteiger partial charge in [0.05, 0.1) is 5.92 Å². The molecular formula is C22H22O4. The van der Waals surface area contributed by atoms with Gasteiger partial charge in [-0.2, -0.15) is 0 Å². The van der Waals surface area contributed by atoms with Crippen LogP contribution in [0.3, 0.4) is 0 Å². The number of fused-ring (bicyclic) bond motifs is 1. The molecule has 1 atom stereocenters. The summed E-state index contributed by atoms with van der Waals surface area (Å²) in [4.78, 5) is 24.5. The van der Waals surface area contributed by atoms with Crippen molar-refractivity contribution < 1.29 is 13.9 Å². The maximum atomic E-state index is 12.6. The Hall–Kier alpha value is -2.88. The molecule has 134 valence electrons. The first-order chi connectivity index (χ1) is 12.5. The van der Waals surface area contributed by atoms with Crippen LogP contribution in [0.25, 0.3) is 11.0 Å². The summed E-state index contributed by atoms with van der Waals surface area (Å²) in [6.45, 7) is 5.89. The number of aryl methyl sites for hydroxylation is 2. The van der Waals surface area contributed by atoms with Crippen LogP contribution in [0.5, 0.6) is 0 Å². The summed E-state index contributed by atoms with van der Waals surface area (Å²) in [5, 5.41) is 0.799. The number of carbonyl (C=O) groups is 1. The third-order valence-electron chi connectivity index (χ3n) is 4.78. The highest BCUT2D eigenvalue weighted by Crippen LogP contribution is 2.25. The van der Waals surface area contributed by atoms with Gasteiger partial charge in [-0.05, 0) is 37.0 Å². The highest BCUT2D eigenvalue weighted by atomic mass is 16.5. The Morgan fingerprint density at radius 3 is 2.54 bits per heavy atom. The van der Waals surface area contributed by atoms with E-state index in [-0.39, 0.29) is 18.5 Å². The molecule has 0 bridgehead atoms. The fraction of sp³-hybridized carbons (Fsp3) is 0.273. The lowest BCUT2D eigenvalue weighted by atomic mass is 9.97. The van der Waals surface area contributed by atoms with E-state index in [9.17, 15) is 9.59 Å². The monoisotopic (exact) mass is 350 g/mol. The molecule has 0 unspecified atom stereocenters.